The quantitative estimate of drug-likeness (QED) is 0.367. The van der Waals surface area contributed by atoms with Crippen LogP contribution < -0.4 is 0 Å². The van der Waals surface area contributed by atoms with E-state index in [1.165, 1.54) is 16.7 Å². The third kappa shape index (κ3) is 6.88. The summed E-state index contributed by atoms with van der Waals surface area (Å²) in [7, 11) is 0. The summed E-state index contributed by atoms with van der Waals surface area (Å²) in [6.45, 7) is 12.0. The van der Waals surface area contributed by atoms with Gasteiger partial charge in [0.2, 0.25) is 0 Å². The van der Waals surface area contributed by atoms with E-state index in [0.29, 0.717) is 0 Å². The molecule has 0 unspecified atom stereocenters. The van der Waals surface area contributed by atoms with Gasteiger partial charge in [-0.2, -0.15) is 0 Å². The maximum absolute atomic E-state index is 4.69. The second-order valence-electron chi connectivity index (χ2n) is 8.15. The Labute approximate surface area is 199 Å². The molecule has 0 aliphatic carbocycles. The first kappa shape index (κ1) is 24.4. The van der Waals surface area contributed by atoms with Gasteiger partial charge in [0.05, 0.1) is 36.7 Å². The van der Waals surface area contributed by atoms with Crippen LogP contribution in [0.25, 0.3) is 0 Å². The SMILES string of the molecule is CCc1cccnc1CN(C=CN(Cc1ncccc1CC)Cc1ncccc1CC)CC. The fourth-order valence-corrected chi connectivity index (χ4v) is 4.00. The van der Waals surface area contributed by atoms with Crippen molar-refractivity contribution < 1.29 is 0 Å². The van der Waals surface area contributed by atoms with E-state index in [-0.39, 0.29) is 0 Å². The van der Waals surface area contributed by atoms with Crippen molar-refractivity contribution in [2.75, 3.05) is 6.54 Å². The lowest BCUT2D eigenvalue weighted by Crippen LogP contribution is -2.23. The Morgan fingerprint density at radius 3 is 1.30 bits per heavy atom. The summed E-state index contributed by atoms with van der Waals surface area (Å²) in [5, 5.41) is 0. The van der Waals surface area contributed by atoms with Crippen molar-refractivity contribution >= 4 is 0 Å². The molecule has 0 bridgehead atoms. The molecule has 5 heteroatoms. The van der Waals surface area contributed by atoms with E-state index in [9.17, 15) is 0 Å². The summed E-state index contributed by atoms with van der Waals surface area (Å²) < 4.78 is 0. The fraction of sp³-hybridized carbons (Fsp3) is 0.393. The Hall–Kier alpha value is -3.21. The number of rotatable bonds is 12. The molecule has 3 rings (SSSR count). The average Bonchev–Trinajstić information content (AvgIpc) is 2.87. The van der Waals surface area contributed by atoms with Crippen LogP contribution in [0.4, 0.5) is 0 Å². The monoisotopic (exact) mass is 443 g/mol. The van der Waals surface area contributed by atoms with Gasteiger partial charge in [-0.15, -0.1) is 0 Å². The smallest absolute Gasteiger partial charge is 0.0628 e. The van der Waals surface area contributed by atoms with Crippen LogP contribution in [-0.2, 0) is 38.9 Å². The Balaban J connectivity index is 1.84. The van der Waals surface area contributed by atoms with Crippen LogP contribution >= 0.6 is 0 Å². The van der Waals surface area contributed by atoms with Gasteiger partial charge in [-0.3, -0.25) is 15.0 Å². The van der Waals surface area contributed by atoms with E-state index in [4.69, 9.17) is 9.97 Å². The van der Waals surface area contributed by atoms with E-state index in [0.717, 1.165) is 62.5 Å². The summed E-state index contributed by atoms with van der Waals surface area (Å²) in [6.07, 6.45) is 13.0. The minimum absolute atomic E-state index is 0.752. The molecule has 33 heavy (non-hydrogen) atoms. The molecule has 0 spiro atoms. The lowest BCUT2D eigenvalue weighted by Gasteiger charge is -2.25. The maximum Gasteiger partial charge on any atom is 0.0628 e. The van der Waals surface area contributed by atoms with Crippen LogP contribution in [0.2, 0.25) is 0 Å². The molecule has 0 saturated heterocycles. The van der Waals surface area contributed by atoms with Gasteiger partial charge in [-0.05, 0) is 61.1 Å². The second kappa shape index (κ2) is 12.7. The predicted molar refractivity (Wildman–Crippen MR) is 135 cm³/mol. The van der Waals surface area contributed by atoms with Gasteiger partial charge in [0, 0.05) is 37.5 Å². The lowest BCUT2D eigenvalue weighted by molar-refractivity contribution is 0.326. The van der Waals surface area contributed by atoms with E-state index >= 15 is 0 Å². The van der Waals surface area contributed by atoms with Crippen LogP contribution in [0, 0.1) is 0 Å². The van der Waals surface area contributed by atoms with Crippen LogP contribution in [0.5, 0.6) is 0 Å². The summed E-state index contributed by atoms with van der Waals surface area (Å²) in [5.74, 6) is 0. The molecule has 3 aromatic rings. The van der Waals surface area contributed by atoms with E-state index < -0.39 is 0 Å². The third-order valence-corrected chi connectivity index (χ3v) is 6.05. The van der Waals surface area contributed by atoms with E-state index in [1.54, 1.807) is 0 Å². The zero-order chi connectivity index (χ0) is 23.5. The molecular weight excluding hydrogens is 406 g/mol. The van der Waals surface area contributed by atoms with Gasteiger partial charge in [0.15, 0.2) is 0 Å². The van der Waals surface area contributed by atoms with Gasteiger partial charge in [-0.1, -0.05) is 39.0 Å². The van der Waals surface area contributed by atoms with Crippen molar-refractivity contribution in [1.29, 1.82) is 0 Å². The lowest BCUT2D eigenvalue weighted by atomic mass is 10.1. The zero-order valence-electron chi connectivity index (χ0n) is 20.5. The van der Waals surface area contributed by atoms with Crippen molar-refractivity contribution in [3.63, 3.8) is 0 Å². The molecule has 0 amide bonds. The van der Waals surface area contributed by atoms with Crippen LogP contribution in [0.3, 0.4) is 0 Å². The van der Waals surface area contributed by atoms with Crippen molar-refractivity contribution in [3.05, 3.63) is 101 Å². The minimum Gasteiger partial charge on any atom is -0.371 e. The zero-order valence-corrected chi connectivity index (χ0v) is 20.5. The van der Waals surface area contributed by atoms with Gasteiger partial charge < -0.3 is 9.80 Å². The predicted octanol–water partition coefficient (Wildman–Crippen LogP) is 5.55. The first-order chi connectivity index (χ1) is 16.2. The standard InChI is InChI=1S/C28H37N5/c1-5-23-12-9-15-29-26(23)20-32(8-4)18-19-33(21-27-24(6-2)13-10-16-30-27)22-28-25(7-3)14-11-17-31-28/h9-19H,5-8,20-22H2,1-4H3. The molecule has 3 aromatic heterocycles. The molecular formula is C28H37N5. The van der Waals surface area contributed by atoms with Crippen molar-refractivity contribution in [2.24, 2.45) is 0 Å². The second-order valence-corrected chi connectivity index (χ2v) is 8.15. The molecule has 0 atom stereocenters. The van der Waals surface area contributed by atoms with Crippen molar-refractivity contribution in [2.45, 2.75) is 66.6 Å². The topological polar surface area (TPSA) is 45.2 Å². The van der Waals surface area contributed by atoms with E-state index in [1.807, 2.05) is 36.8 Å². The highest BCUT2D eigenvalue weighted by atomic mass is 15.2. The molecule has 0 aliphatic rings. The Morgan fingerprint density at radius 2 is 0.939 bits per heavy atom. The fourth-order valence-electron chi connectivity index (χ4n) is 4.00. The molecule has 5 nitrogen and oxygen atoms in total. The third-order valence-electron chi connectivity index (χ3n) is 6.05. The number of aryl methyl sites for hydroxylation is 3. The van der Waals surface area contributed by atoms with Crippen LogP contribution in [0.15, 0.2) is 67.4 Å². The molecule has 0 saturated carbocycles. The normalized spacial score (nSPS) is 11.2. The first-order valence-electron chi connectivity index (χ1n) is 12.1. The Morgan fingerprint density at radius 1 is 0.576 bits per heavy atom. The molecule has 174 valence electrons. The van der Waals surface area contributed by atoms with Crippen molar-refractivity contribution in [1.82, 2.24) is 24.8 Å². The molecule has 0 aliphatic heterocycles. The number of hydrogen-bond donors (Lipinski definition) is 0. The minimum atomic E-state index is 0.752. The number of hydrogen-bond acceptors (Lipinski definition) is 5. The van der Waals surface area contributed by atoms with Crippen molar-refractivity contribution in [3.8, 4) is 0 Å². The molecule has 0 fully saturated rings. The van der Waals surface area contributed by atoms with Gasteiger partial charge in [0.25, 0.3) is 0 Å². The first-order valence-corrected chi connectivity index (χ1v) is 12.1. The van der Waals surface area contributed by atoms with Gasteiger partial charge >= 0.3 is 0 Å². The van der Waals surface area contributed by atoms with Gasteiger partial charge in [0.1, 0.15) is 0 Å². The van der Waals surface area contributed by atoms with Crippen LogP contribution in [0.1, 0.15) is 61.5 Å². The molecule has 0 radical (unpaired) electrons. The van der Waals surface area contributed by atoms with E-state index in [2.05, 4.69) is 73.1 Å². The summed E-state index contributed by atoms with van der Waals surface area (Å²) in [4.78, 5) is 18.7. The summed E-state index contributed by atoms with van der Waals surface area (Å²) >= 11 is 0. The number of pyridine rings is 3. The molecule has 3 heterocycles. The number of aromatic nitrogens is 3. The maximum atomic E-state index is 4.69. The largest absolute Gasteiger partial charge is 0.371 e. The van der Waals surface area contributed by atoms with Crippen LogP contribution in [-0.4, -0.2) is 31.3 Å². The number of nitrogens with zero attached hydrogens (tertiary/aromatic N) is 5. The Kier molecular flexibility index (Phi) is 9.43. The molecule has 0 aromatic carbocycles. The highest BCUT2D eigenvalue weighted by molar-refractivity contribution is 5.23. The molecule has 0 N–H and O–H groups in total. The average molecular weight is 444 g/mol. The summed E-state index contributed by atoms with van der Waals surface area (Å²) in [5.41, 5.74) is 7.29. The highest BCUT2D eigenvalue weighted by Gasteiger charge is 2.11. The summed E-state index contributed by atoms with van der Waals surface area (Å²) in [6, 6.07) is 12.6. The van der Waals surface area contributed by atoms with Gasteiger partial charge in [-0.25, -0.2) is 0 Å². The Bertz CT molecular complexity index is 981. The highest BCUT2D eigenvalue weighted by Crippen LogP contribution is 2.16.